The lowest BCUT2D eigenvalue weighted by Crippen LogP contribution is -2.42. The van der Waals surface area contributed by atoms with Gasteiger partial charge in [-0.25, -0.2) is 4.79 Å². The first-order chi connectivity index (χ1) is 9.31. The van der Waals surface area contributed by atoms with Gasteiger partial charge in [0.1, 0.15) is 0 Å². The van der Waals surface area contributed by atoms with Crippen LogP contribution in [-0.2, 0) is 14.3 Å². The summed E-state index contributed by atoms with van der Waals surface area (Å²) < 4.78 is 4.59. The largest absolute Gasteiger partial charge is 0.481 e. The van der Waals surface area contributed by atoms with Crippen LogP contribution >= 0.6 is 0 Å². The number of carboxylic acid groups (broad SMARTS) is 1. The predicted octanol–water partition coefficient (Wildman–Crippen LogP) is 0.938. The van der Waals surface area contributed by atoms with E-state index in [9.17, 15) is 14.4 Å². The van der Waals surface area contributed by atoms with Gasteiger partial charge in [0.25, 0.3) is 0 Å². The first kappa shape index (κ1) is 18.2. The van der Waals surface area contributed by atoms with Crippen molar-refractivity contribution in [3.63, 3.8) is 0 Å². The number of nitrogens with zero attached hydrogens (tertiary/aromatic N) is 1. The molecule has 7 heteroatoms. The first-order valence-electron chi connectivity index (χ1n) is 6.60. The summed E-state index contributed by atoms with van der Waals surface area (Å²) in [6, 6.07) is -0.329. The number of ether oxygens (including phenoxy) is 1. The molecule has 0 aromatic rings. The van der Waals surface area contributed by atoms with Gasteiger partial charge in [0.15, 0.2) is 0 Å². The van der Waals surface area contributed by atoms with Crippen LogP contribution < -0.4 is 5.32 Å². The van der Waals surface area contributed by atoms with Crippen molar-refractivity contribution in [3.05, 3.63) is 0 Å². The van der Waals surface area contributed by atoms with Gasteiger partial charge in [0, 0.05) is 26.6 Å². The highest BCUT2D eigenvalue weighted by Gasteiger charge is 2.19. The molecule has 7 nitrogen and oxygen atoms in total. The van der Waals surface area contributed by atoms with Crippen molar-refractivity contribution in [2.24, 2.45) is 11.8 Å². The molecule has 0 aromatic heterocycles. The van der Waals surface area contributed by atoms with E-state index >= 15 is 0 Å². The number of carbonyl (C=O) groups excluding carboxylic acids is 2. The maximum Gasteiger partial charge on any atom is 0.317 e. The van der Waals surface area contributed by atoms with Crippen molar-refractivity contribution in [2.75, 3.05) is 27.2 Å². The average molecular weight is 288 g/mol. The molecule has 0 spiro atoms. The van der Waals surface area contributed by atoms with E-state index in [2.05, 4.69) is 10.1 Å². The van der Waals surface area contributed by atoms with Crippen molar-refractivity contribution in [2.45, 2.75) is 26.7 Å². The molecular weight excluding hydrogens is 264 g/mol. The second-order valence-electron chi connectivity index (χ2n) is 4.86. The van der Waals surface area contributed by atoms with Gasteiger partial charge in [-0.3, -0.25) is 9.59 Å². The summed E-state index contributed by atoms with van der Waals surface area (Å²) in [5.41, 5.74) is 0. The molecule has 0 aliphatic heterocycles. The van der Waals surface area contributed by atoms with Gasteiger partial charge in [-0.2, -0.15) is 0 Å². The van der Waals surface area contributed by atoms with Crippen molar-refractivity contribution in [1.29, 1.82) is 0 Å². The van der Waals surface area contributed by atoms with E-state index in [1.807, 2.05) is 6.92 Å². The minimum absolute atomic E-state index is 0.0268. The third-order valence-electron chi connectivity index (χ3n) is 3.08. The quantitative estimate of drug-likeness (QED) is 0.648. The second kappa shape index (κ2) is 9.17. The Bertz CT molecular complexity index is 346. The van der Waals surface area contributed by atoms with Crippen molar-refractivity contribution >= 4 is 18.0 Å². The lowest BCUT2D eigenvalue weighted by Gasteiger charge is -2.22. The van der Waals surface area contributed by atoms with Gasteiger partial charge in [-0.05, 0) is 5.92 Å². The molecular formula is C13H24N2O5. The Balaban J connectivity index is 4.19. The van der Waals surface area contributed by atoms with Crippen LogP contribution in [0.3, 0.4) is 0 Å². The Labute approximate surface area is 119 Å². The highest BCUT2D eigenvalue weighted by Crippen LogP contribution is 2.07. The number of carbonyl (C=O) groups is 3. The second-order valence-corrected chi connectivity index (χ2v) is 4.86. The number of rotatable bonds is 8. The molecule has 0 aromatic carbocycles. The Hall–Kier alpha value is -1.79. The molecule has 2 unspecified atom stereocenters. The highest BCUT2D eigenvalue weighted by atomic mass is 16.5. The van der Waals surface area contributed by atoms with Crippen molar-refractivity contribution in [1.82, 2.24) is 10.2 Å². The number of methoxy groups -OCH3 is 1. The smallest absolute Gasteiger partial charge is 0.317 e. The topological polar surface area (TPSA) is 95.9 Å². The van der Waals surface area contributed by atoms with Gasteiger partial charge in [-0.15, -0.1) is 0 Å². The fraction of sp³-hybridized carbons (Fsp3) is 0.769. The Morgan fingerprint density at radius 3 is 2.40 bits per heavy atom. The molecule has 0 fully saturated rings. The van der Waals surface area contributed by atoms with E-state index in [4.69, 9.17) is 5.11 Å². The van der Waals surface area contributed by atoms with Crippen LogP contribution in [0.15, 0.2) is 0 Å². The molecule has 0 radical (unpaired) electrons. The van der Waals surface area contributed by atoms with Gasteiger partial charge < -0.3 is 20.1 Å². The van der Waals surface area contributed by atoms with Crippen LogP contribution in [-0.4, -0.2) is 55.2 Å². The first-order valence-corrected chi connectivity index (χ1v) is 6.60. The monoisotopic (exact) mass is 288 g/mol. The minimum Gasteiger partial charge on any atom is -0.481 e. The molecule has 0 saturated carbocycles. The predicted molar refractivity (Wildman–Crippen MR) is 73.2 cm³/mol. The number of carboxylic acids is 1. The van der Waals surface area contributed by atoms with Crippen molar-refractivity contribution < 1.29 is 24.2 Å². The summed E-state index contributed by atoms with van der Waals surface area (Å²) in [6.45, 7) is 4.10. The molecule has 0 bridgehead atoms. The van der Waals surface area contributed by atoms with E-state index in [0.717, 1.165) is 0 Å². The summed E-state index contributed by atoms with van der Waals surface area (Å²) in [5.74, 6) is -1.75. The summed E-state index contributed by atoms with van der Waals surface area (Å²) in [5, 5.41) is 11.4. The maximum absolute atomic E-state index is 11.8. The summed E-state index contributed by atoms with van der Waals surface area (Å²) >= 11 is 0. The minimum atomic E-state index is -0.876. The molecule has 2 N–H and O–H groups in total. The van der Waals surface area contributed by atoms with E-state index in [1.54, 1.807) is 14.0 Å². The summed E-state index contributed by atoms with van der Waals surface area (Å²) in [4.78, 5) is 35.1. The lowest BCUT2D eigenvalue weighted by atomic mass is 10.0. The SMILES string of the molecule is CCC(CNC(=O)N(C)CC(C)C(=O)OC)CC(=O)O. The normalized spacial score (nSPS) is 13.2. The molecule has 2 atom stereocenters. The highest BCUT2D eigenvalue weighted by molar-refractivity contribution is 5.76. The number of hydrogen-bond acceptors (Lipinski definition) is 4. The molecule has 0 aliphatic rings. The van der Waals surface area contributed by atoms with E-state index in [1.165, 1.54) is 12.0 Å². The van der Waals surface area contributed by atoms with Gasteiger partial charge in [0.05, 0.1) is 13.0 Å². The van der Waals surface area contributed by atoms with Crippen LogP contribution in [0.5, 0.6) is 0 Å². The van der Waals surface area contributed by atoms with E-state index in [-0.39, 0.29) is 30.9 Å². The summed E-state index contributed by atoms with van der Waals surface area (Å²) in [7, 11) is 2.88. The number of aliphatic carboxylic acids is 1. The van der Waals surface area contributed by atoms with E-state index < -0.39 is 11.9 Å². The van der Waals surface area contributed by atoms with Crippen molar-refractivity contribution in [3.8, 4) is 0 Å². The zero-order valence-corrected chi connectivity index (χ0v) is 12.5. The maximum atomic E-state index is 11.8. The van der Waals surface area contributed by atoms with Crippen LogP contribution in [0.2, 0.25) is 0 Å². The van der Waals surface area contributed by atoms with Crippen LogP contribution in [0.25, 0.3) is 0 Å². The third kappa shape index (κ3) is 6.96. The Morgan fingerprint density at radius 2 is 1.95 bits per heavy atom. The molecule has 0 rings (SSSR count). The molecule has 116 valence electrons. The zero-order valence-electron chi connectivity index (χ0n) is 12.5. The number of esters is 1. The zero-order chi connectivity index (χ0) is 15.7. The fourth-order valence-corrected chi connectivity index (χ4v) is 1.74. The molecule has 0 aliphatic carbocycles. The fourth-order valence-electron chi connectivity index (χ4n) is 1.74. The Kier molecular flexibility index (Phi) is 8.35. The number of amides is 2. The van der Waals surface area contributed by atoms with Gasteiger partial charge in [-0.1, -0.05) is 20.3 Å². The van der Waals surface area contributed by atoms with E-state index in [0.29, 0.717) is 13.0 Å². The number of nitrogens with one attached hydrogen (secondary N) is 1. The lowest BCUT2D eigenvalue weighted by molar-refractivity contribution is -0.145. The van der Waals surface area contributed by atoms with Gasteiger partial charge in [0.2, 0.25) is 0 Å². The number of urea groups is 1. The van der Waals surface area contributed by atoms with Crippen LogP contribution in [0.4, 0.5) is 4.79 Å². The van der Waals surface area contributed by atoms with Crippen LogP contribution in [0, 0.1) is 11.8 Å². The average Bonchev–Trinajstić information content (AvgIpc) is 2.41. The Morgan fingerprint density at radius 1 is 1.35 bits per heavy atom. The third-order valence-corrected chi connectivity index (χ3v) is 3.08. The molecule has 0 saturated heterocycles. The molecule has 2 amide bonds. The standard InChI is InChI=1S/C13H24N2O5/c1-5-10(6-11(16)17)7-14-13(19)15(3)8-9(2)12(18)20-4/h9-10H,5-8H2,1-4H3,(H,14,19)(H,16,17). The number of hydrogen-bond donors (Lipinski definition) is 2. The summed E-state index contributed by atoms with van der Waals surface area (Å²) in [6.07, 6.45) is 0.702. The van der Waals surface area contributed by atoms with Crippen LogP contribution in [0.1, 0.15) is 26.7 Å². The molecule has 0 heterocycles. The molecule has 20 heavy (non-hydrogen) atoms. The van der Waals surface area contributed by atoms with Gasteiger partial charge >= 0.3 is 18.0 Å².